The molecule has 1 heterocycles. The monoisotopic (exact) mass is 300 g/mol. The Hall–Kier alpha value is -0.720. The lowest BCUT2D eigenvalue weighted by molar-refractivity contribution is 0.529. The summed E-state index contributed by atoms with van der Waals surface area (Å²) in [4.78, 5) is 0.343. The minimum atomic E-state index is -3.43. The first kappa shape index (κ1) is 14.7. The molecule has 0 aliphatic carbocycles. The van der Waals surface area contributed by atoms with Crippen LogP contribution in [0, 0.1) is 0 Å². The molecule has 4 nitrogen and oxygen atoms in total. The third-order valence-electron chi connectivity index (χ3n) is 3.09. The number of hydrogen-bond donors (Lipinski definition) is 2. The third-order valence-corrected chi connectivity index (χ3v) is 5.71. The van der Waals surface area contributed by atoms with Gasteiger partial charge in [0.05, 0.1) is 5.69 Å². The van der Waals surface area contributed by atoms with Crippen molar-refractivity contribution in [1.82, 2.24) is 4.72 Å². The summed E-state index contributed by atoms with van der Waals surface area (Å²) in [5.41, 5.74) is 0.669. The van der Waals surface area contributed by atoms with Gasteiger partial charge in [-0.3, -0.25) is 0 Å². The zero-order chi connectivity index (χ0) is 13.7. The molecule has 1 aliphatic rings. The Kier molecular flexibility index (Phi) is 5.13. The minimum absolute atomic E-state index is 0.0703. The maximum atomic E-state index is 12.4. The second-order valence-corrected chi connectivity index (χ2v) is 7.44. The Morgan fingerprint density at radius 3 is 2.63 bits per heavy atom. The van der Waals surface area contributed by atoms with Gasteiger partial charge in [-0.1, -0.05) is 12.1 Å². The predicted octanol–water partition coefficient (Wildman–Crippen LogP) is 2.29. The fraction of sp³-hybridized carbons (Fsp3) is 0.538. The van der Waals surface area contributed by atoms with Gasteiger partial charge in [0.2, 0.25) is 10.0 Å². The van der Waals surface area contributed by atoms with Gasteiger partial charge in [-0.25, -0.2) is 13.1 Å². The molecule has 1 aromatic carbocycles. The number of benzene rings is 1. The van der Waals surface area contributed by atoms with E-state index in [1.165, 1.54) is 0 Å². The van der Waals surface area contributed by atoms with E-state index < -0.39 is 10.0 Å². The zero-order valence-corrected chi connectivity index (χ0v) is 12.7. The third kappa shape index (κ3) is 3.87. The first-order valence-corrected chi connectivity index (χ1v) is 9.20. The Bertz CT molecular complexity index is 511. The lowest BCUT2D eigenvalue weighted by Crippen LogP contribution is -2.37. The van der Waals surface area contributed by atoms with E-state index in [2.05, 4.69) is 10.0 Å². The van der Waals surface area contributed by atoms with E-state index in [4.69, 9.17) is 0 Å². The number of thioether (sulfide) groups is 1. The van der Waals surface area contributed by atoms with Crippen LogP contribution in [0.2, 0.25) is 0 Å². The van der Waals surface area contributed by atoms with E-state index >= 15 is 0 Å². The van der Waals surface area contributed by atoms with Gasteiger partial charge in [0.1, 0.15) is 4.90 Å². The van der Waals surface area contributed by atoms with Crippen molar-refractivity contribution in [2.24, 2.45) is 0 Å². The summed E-state index contributed by atoms with van der Waals surface area (Å²) in [6.45, 7) is 2.65. The number of nitrogens with one attached hydrogen (secondary N) is 2. The summed E-state index contributed by atoms with van der Waals surface area (Å²) >= 11 is 1.88. The molecule has 2 rings (SSSR count). The molecule has 0 atom stereocenters. The van der Waals surface area contributed by atoms with Crippen molar-refractivity contribution in [3.05, 3.63) is 24.3 Å². The quantitative estimate of drug-likeness (QED) is 0.876. The molecule has 1 aromatic rings. The highest BCUT2D eigenvalue weighted by Crippen LogP contribution is 2.23. The van der Waals surface area contributed by atoms with Crippen LogP contribution in [0.3, 0.4) is 0 Å². The fourth-order valence-corrected chi connectivity index (χ4v) is 4.73. The molecule has 0 unspecified atom stereocenters. The van der Waals surface area contributed by atoms with Crippen LogP contribution in [0.15, 0.2) is 29.2 Å². The molecule has 0 saturated carbocycles. The minimum Gasteiger partial charge on any atom is -0.384 e. The van der Waals surface area contributed by atoms with Gasteiger partial charge in [0.15, 0.2) is 0 Å². The summed E-state index contributed by atoms with van der Waals surface area (Å²) in [7, 11) is -3.43. The molecule has 0 radical (unpaired) electrons. The Morgan fingerprint density at radius 2 is 1.95 bits per heavy atom. The number of rotatable bonds is 5. The number of para-hydroxylation sites is 1. The molecule has 0 aromatic heterocycles. The maximum Gasteiger partial charge on any atom is 0.242 e. The average molecular weight is 300 g/mol. The van der Waals surface area contributed by atoms with Gasteiger partial charge in [-0.05, 0) is 43.4 Å². The molecule has 1 saturated heterocycles. The molecule has 1 fully saturated rings. The van der Waals surface area contributed by atoms with Gasteiger partial charge in [0, 0.05) is 12.6 Å². The highest BCUT2D eigenvalue weighted by Gasteiger charge is 2.23. The smallest absolute Gasteiger partial charge is 0.242 e. The lowest BCUT2D eigenvalue weighted by Gasteiger charge is -2.23. The van der Waals surface area contributed by atoms with E-state index in [-0.39, 0.29) is 6.04 Å². The Balaban J connectivity index is 2.18. The molecule has 1 aliphatic heterocycles. The molecule has 6 heteroatoms. The first-order chi connectivity index (χ1) is 9.13. The number of anilines is 1. The van der Waals surface area contributed by atoms with Crippen LogP contribution >= 0.6 is 11.8 Å². The second-order valence-electron chi connectivity index (χ2n) is 4.53. The molecule has 0 spiro atoms. The fourth-order valence-electron chi connectivity index (χ4n) is 2.14. The van der Waals surface area contributed by atoms with E-state index in [1.807, 2.05) is 24.8 Å². The normalized spacial score (nSPS) is 17.3. The van der Waals surface area contributed by atoms with Gasteiger partial charge in [-0.2, -0.15) is 11.8 Å². The Labute approximate surface area is 119 Å². The van der Waals surface area contributed by atoms with Crippen LogP contribution in [0.25, 0.3) is 0 Å². The van der Waals surface area contributed by atoms with Crippen molar-refractivity contribution >= 4 is 27.5 Å². The molecule has 106 valence electrons. The average Bonchev–Trinajstić information content (AvgIpc) is 2.40. The number of hydrogen-bond acceptors (Lipinski definition) is 4. The molecular weight excluding hydrogens is 280 g/mol. The summed E-state index contributed by atoms with van der Waals surface area (Å²) in [5, 5.41) is 3.10. The van der Waals surface area contributed by atoms with E-state index in [0.717, 1.165) is 24.3 Å². The van der Waals surface area contributed by atoms with Crippen molar-refractivity contribution in [1.29, 1.82) is 0 Å². The van der Waals surface area contributed by atoms with Crippen LogP contribution in [0.1, 0.15) is 19.8 Å². The topological polar surface area (TPSA) is 58.2 Å². The van der Waals surface area contributed by atoms with Crippen molar-refractivity contribution in [2.75, 3.05) is 23.4 Å². The van der Waals surface area contributed by atoms with Crippen molar-refractivity contribution in [3.63, 3.8) is 0 Å². The van der Waals surface area contributed by atoms with Crippen molar-refractivity contribution in [2.45, 2.75) is 30.7 Å². The van der Waals surface area contributed by atoms with E-state index in [9.17, 15) is 8.42 Å². The van der Waals surface area contributed by atoms with E-state index in [1.54, 1.807) is 18.2 Å². The highest BCUT2D eigenvalue weighted by molar-refractivity contribution is 7.99. The summed E-state index contributed by atoms with van der Waals surface area (Å²) in [6.07, 6.45) is 1.82. The molecular formula is C13H20N2O2S2. The van der Waals surface area contributed by atoms with Crippen LogP contribution in [0.4, 0.5) is 5.69 Å². The molecule has 0 amide bonds. The largest absolute Gasteiger partial charge is 0.384 e. The predicted molar refractivity (Wildman–Crippen MR) is 81.3 cm³/mol. The van der Waals surface area contributed by atoms with Gasteiger partial charge >= 0.3 is 0 Å². The molecule has 0 bridgehead atoms. The van der Waals surface area contributed by atoms with Crippen LogP contribution in [-0.4, -0.2) is 32.5 Å². The van der Waals surface area contributed by atoms with Crippen molar-refractivity contribution < 1.29 is 8.42 Å². The van der Waals surface area contributed by atoms with Gasteiger partial charge < -0.3 is 5.32 Å². The summed E-state index contributed by atoms with van der Waals surface area (Å²) in [6, 6.07) is 7.12. The van der Waals surface area contributed by atoms with E-state index in [0.29, 0.717) is 17.1 Å². The second kappa shape index (κ2) is 6.63. The molecule has 2 N–H and O–H groups in total. The maximum absolute atomic E-state index is 12.4. The highest BCUT2D eigenvalue weighted by atomic mass is 32.2. The van der Waals surface area contributed by atoms with Crippen LogP contribution < -0.4 is 10.0 Å². The first-order valence-electron chi connectivity index (χ1n) is 6.56. The summed E-state index contributed by atoms with van der Waals surface area (Å²) < 4.78 is 27.7. The number of sulfonamides is 1. The van der Waals surface area contributed by atoms with Crippen molar-refractivity contribution in [3.8, 4) is 0 Å². The Morgan fingerprint density at radius 1 is 1.26 bits per heavy atom. The SMILES string of the molecule is CCNc1ccccc1S(=O)(=O)NC1CCSCC1. The van der Waals surface area contributed by atoms with Gasteiger partial charge in [-0.15, -0.1) is 0 Å². The zero-order valence-electron chi connectivity index (χ0n) is 11.1. The van der Waals surface area contributed by atoms with Crippen LogP contribution in [-0.2, 0) is 10.0 Å². The van der Waals surface area contributed by atoms with Crippen LogP contribution in [0.5, 0.6) is 0 Å². The summed E-state index contributed by atoms with van der Waals surface area (Å²) in [5.74, 6) is 2.06. The van der Waals surface area contributed by atoms with Gasteiger partial charge in [0.25, 0.3) is 0 Å². The lowest BCUT2D eigenvalue weighted by atomic mass is 10.2. The molecule has 19 heavy (non-hydrogen) atoms. The standard InChI is InChI=1S/C13H20N2O2S2/c1-2-14-12-5-3-4-6-13(12)19(16,17)15-11-7-9-18-10-8-11/h3-6,11,14-15H,2,7-10H2,1H3.